The van der Waals surface area contributed by atoms with Crippen LogP contribution in [-0.4, -0.2) is 5.91 Å². The third kappa shape index (κ3) is 5.37. The van der Waals surface area contributed by atoms with E-state index in [-0.39, 0.29) is 11.8 Å². The Morgan fingerprint density at radius 1 is 1.30 bits per heavy atom. The number of nitrogens with one attached hydrogen (secondary N) is 1. The molecule has 0 aliphatic heterocycles. The molecule has 0 spiro atoms. The molecule has 0 fully saturated rings. The van der Waals surface area contributed by atoms with E-state index in [1.54, 1.807) is 0 Å². The van der Waals surface area contributed by atoms with Crippen LogP contribution in [0.5, 0.6) is 0 Å². The van der Waals surface area contributed by atoms with E-state index >= 15 is 0 Å². The molecule has 0 aliphatic carbocycles. The minimum atomic E-state index is -0.760. The summed E-state index contributed by atoms with van der Waals surface area (Å²) in [6.45, 7) is 8.19. The Morgan fingerprint density at radius 2 is 1.80 bits per heavy atom. The molecular formula is C7H15NOY. The van der Waals surface area contributed by atoms with E-state index in [2.05, 4.69) is 16.3 Å². The number of hydrogen-bond donors (Lipinski definition) is 1. The zero-order valence-corrected chi connectivity index (χ0v) is 9.98. The molecule has 0 saturated heterocycles. The van der Waals surface area contributed by atoms with Crippen LogP contribution in [0.15, 0.2) is 0 Å². The Morgan fingerprint density at radius 3 is 2.10 bits per heavy atom. The van der Waals surface area contributed by atoms with Gasteiger partial charge in [-0.3, -0.25) is 0 Å². The van der Waals surface area contributed by atoms with Crippen LogP contribution in [0, 0.1) is 5.92 Å². The second-order valence-corrected chi connectivity index (χ2v) is 7.88. The molecule has 3 heteroatoms. The van der Waals surface area contributed by atoms with Crippen LogP contribution in [0.3, 0.4) is 0 Å². The number of carbonyl (C=O) groups is 1. The van der Waals surface area contributed by atoms with Crippen molar-refractivity contribution in [1.29, 1.82) is 0 Å². The fourth-order valence-electron chi connectivity index (χ4n) is 0.415. The Bertz CT molecular complexity index is 112. The molecule has 0 aromatic carbocycles. The molecule has 0 rings (SSSR count). The van der Waals surface area contributed by atoms with Crippen LogP contribution in [0.1, 0.15) is 27.7 Å². The zero-order valence-electron chi connectivity index (χ0n) is 7.14. The average Bonchev–Trinajstić information content (AvgIpc) is 1.82. The summed E-state index contributed by atoms with van der Waals surface area (Å²) >= 11 is -0.760. The topological polar surface area (TPSA) is 29.1 Å². The quantitative estimate of drug-likeness (QED) is 0.765. The van der Waals surface area contributed by atoms with Gasteiger partial charge in [0.25, 0.3) is 0 Å². The summed E-state index contributed by atoms with van der Waals surface area (Å²) in [6.07, 6.45) is 0. The van der Waals surface area contributed by atoms with E-state index in [1.165, 1.54) is 0 Å². The molecular weight excluding hydrogens is 203 g/mol. The molecule has 0 unspecified atom stereocenters. The summed E-state index contributed by atoms with van der Waals surface area (Å²) in [7, 11) is 0. The Hall–Kier alpha value is 0.574. The molecule has 0 radical (unpaired) electrons. The van der Waals surface area contributed by atoms with Crippen molar-refractivity contribution in [3.63, 3.8) is 0 Å². The van der Waals surface area contributed by atoms with Gasteiger partial charge in [-0.2, -0.15) is 0 Å². The van der Waals surface area contributed by atoms with Gasteiger partial charge in [-0.05, 0) is 0 Å². The Balaban J connectivity index is 3.40. The summed E-state index contributed by atoms with van der Waals surface area (Å²) in [5.41, 5.74) is 0. The second kappa shape index (κ2) is 5.25. The number of amides is 1. The summed E-state index contributed by atoms with van der Waals surface area (Å²) in [4.78, 5) is 11.0. The molecule has 0 atom stereocenters. The van der Waals surface area contributed by atoms with Crippen LogP contribution in [0.4, 0.5) is 0 Å². The van der Waals surface area contributed by atoms with Gasteiger partial charge >= 0.3 is 79.0 Å². The van der Waals surface area contributed by atoms with Gasteiger partial charge in [-0.15, -0.1) is 0 Å². The van der Waals surface area contributed by atoms with E-state index in [0.717, 1.165) is 2.73 Å². The van der Waals surface area contributed by atoms with Gasteiger partial charge < -0.3 is 0 Å². The molecule has 2 nitrogen and oxygen atoms in total. The molecule has 0 heterocycles. The Kier molecular flexibility index (Phi) is 5.56. The van der Waals surface area contributed by atoms with Crippen molar-refractivity contribution in [2.24, 2.45) is 5.92 Å². The van der Waals surface area contributed by atoms with E-state index in [9.17, 15) is 4.79 Å². The maximum atomic E-state index is 11.0. The molecule has 0 aromatic rings. The van der Waals surface area contributed by atoms with Gasteiger partial charge in [0, 0.05) is 0 Å². The molecule has 0 saturated carbocycles. The van der Waals surface area contributed by atoms with Gasteiger partial charge in [0.1, 0.15) is 0 Å². The fraction of sp³-hybridized carbons (Fsp3) is 0.857. The van der Waals surface area contributed by atoms with E-state index < -0.39 is 29.5 Å². The first-order valence-electron chi connectivity index (χ1n) is 3.67. The van der Waals surface area contributed by atoms with Crippen LogP contribution in [-0.2, 0) is 34.3 Å². The van der Waals surface area contributed by atoms with E-state index in [0.29, 0.717) is 0 Å². The minimum absolute atomic E-state index is 0.157. The van der Waals surface area contributed by atoms with Gasteiger partial charge in [-0.25, -0.2) is 0 Å². The standard InChI is InChI=1S/C4H9NO.C3H7.Y/c1-3(2)4(5)6;1-3-2;/h3H,1-2H3,(H2,5,6);3H,1-2H3;/q;;+1/p-1. The van der Waals surface area contributed by atoms with Gasteiger partial charge in [-0.1, -0.05) is 0 Å². The van der Waals surface area contributed by atoms with Gasteiger partial charge in [0.2, 0.25) is 0 Å². The van der Waals surface area contributed by atoms with E-state index in [4.69, 9.17) is 0 Å². The van der Waals surface area contributed by atoms with Gasteiger partial charge in [0.15, 0.2) is 0 Å². The molecule has 1 N–H and O–H groups in total. The van der Waals surface area contributed by atoms with Crippen LogP contribution in [0.2, 0.25) is 2.73 Å². The number of rotatable bonds is 3. The number of carbonyl (C=O) groups excluding carboxylic acids is 1. The van der Waals surface area contributed by atoms with Crippen molar-refractivity contribution in [3.8, 4) is 0 Å². The first-order chi connectivity index (χ1) is 4.54. The van der Waals surface area contributed by atoms with Crippen molar-refractivity contribution >= 4 is 5.91 Å². The monoisotopic (exact) mass is 218 g/mol. The van der Waals surface area contributed by atoms with Gasteiger partial charge in [0.05, 0.1) is 0 Å². The van der Waals surface area contributed by atoms with Crippen LogP contribution >= 0.6 is 0 Å². The van der Waals surface area contributed by atoms with Crippen molar-refractivity contribution in [2.45, 2.75) is 30.4 Å². The third-order valence-corrected chi connectivity index (χ3v) is 3.83. The van der Waals surface area contributed by atoms with Crippen LogP contribution in [0.25, 0.3) is 0 Å². The summed E-state index contributed by atoms with van der Waals surface area (Å²) in [5, 5.41) is 0. The Labute approximate surface area is 78.7 Å². The fourth-order valence-corrected chi connectivity index (χ4v) is 2.46. The van der Waals surface area contributed by atoms with Crippen molar-refractivity contribution in [3.05, 3.63) is 0 Å². The average molecular weight is 218 g/mol. The zero-order chi connectivity index (χ0) is 8.15. The maximum absolute atomic E-state index is 11.0. The van der Waals surface area contributed by atoms with Crippen molar-refractivity contribution < 1.29 is 34.3 Å². The molecule has 10 heavy (non-hydrogen) atoms. The van der Waals surface area contributed by atoms with E-state index in [1.807, 2.05) is 13.8 Å². The molecule has 0 aromatic heterocycles. The number of hydrogen-bond acceptors (Lipinski definition) is 1. The normalized spacial score (nSPS) is 9.80. The molecule has 57 valence electrons. The van der Waals surface area contributed by atoms with Crippen LogP contribution < -0.4 is 2.45 Å². The third-order valence-electron chi connectivity index (χ3n) is 1.08. The summed E-state index contributed by atoms with van der Waals surface area (Å²) in [5.74, 6) is 0.389. The summed E-state index contributed by atoms with van der Waals surface area (Å²) < 4.78 is 3.77. The SMILES string of the molecule is C[CH](C)[Y][NH]C(=O)C(C)C. The predicted molar refractivity (Wildman–Crippen MR) is 38.1 cm³/mol. The second-order valence-electron chi connectivity index (χ2n) is 3.07. The first kappa shape index (κ1) is 10.6. The predicted octanol–water partition coefficient (Wildman–Crippen LogP) is 1.58. The van der Waals surface area contributed by atoms with Crippen molar-refractivity contribution in [2.75, 3.05) is 0 Å². The molecule has 0 bridgehead atoms. The summed E-state index contributed by atoms with van der Waals surface area (Å²) in [6, 6.07) is 0. The molecule has 0 aliphatic rings. The first-order valence-corrected chi connectivity index (χ1v) is 6.73. The molecule has 1 amide bonds. The van der Waals surface area contributed by atoms with Crippen molar-refractivity contribution in [1.82, 2.24) is 2.45 Å².